The minimum atomic E-state index is -0.0999. The number of nitrogens with zero attached hydrogens (tertiary/aromatic N) is 2. The molecular formula is C14H15N3O2. The molecule has 2 aromatic rings. The molecule has 2 aromatic heterocycles. The van der Waals surface area contributed by atoms with E-state index in [1.807, 2.05) is 0 Å². The molecule has 1 amide bonds. The van der Waals surface area contributed by atoms with Gasteiger partial charge in [-0.25, -0.2) is 4.98 Å². The van der Waals surface area contributed by atoms with Gasteiger partial charge in [0.1, 0.15) is 5.65 Å². The smallest absolute Gasteiger partial charge is 0.254 e. The Labute approximate surface area is 110 Å². The molecule has 0 spiro atoms. The SMILES string of the molecule is CC(=O)/C=C/c1c[nH]c2ncc(C(=O)N(C)C)cc12. The zero-order valence-corrected chi connectivity index (χ0v) is 11.1. The molecule has 2 rings (SSSR count). The highest BCUT2D eigenvalue weighted by atomic mass is 16.2. The van der Waals surface area contributed by atoms with Gasteiger partial charge >= 0.3 is 0 Å². The van der Waals surface area contributed by atoms with E-state index in [9.17, 15) is 9.59 Å². The molecule has 0 atom stereocenters. The molecule has 0 fully saturated rings. The second-order valence-corrected chi connectivity index (χ2v) is 4.51. The largest absolute Gasteiger partial charge is 0.346 e. The number of allylic oxidation sites excluding steroid dienone is 1. The van der Waals surface area contributed by atoms with Crippen LogP contribution in [0.3, 0.4) is 0 Å². The van der Waals surface area contributed by atoms with E-state index in [1.54, 1.807) is 38.6 Å². The zero-order chi connectivity index (χ0) is 14.0. The molecule has 0 unspecified atom stereocenters. The lowest BCUT2D eigenvalue weighted by Gasteiger charge is -2.09. The summed E-state index contributed by atoms with van der Waals surface area (Å²) in [7, 11) is 3.39. The number of nitrogens with one attached hydrogen (secondary N) is 1. The Kier molecular flexibility index (Phi) is 3.46. The molecule has 0 bridgehead atoms. The van der Waals surface area contributed by atoms with Gasteiger partial charge in [-0.3, -0.25) is 9.59 Å². The normalized spacial score (nSPS) is 11.1. The van der Waals surface area contributed by atoms with Crippen LogP contribution in [0.25, 0.3) is 17.1 Å². The molecule has 5 heteroatoms. The molecule has 98 valence electrons. The highest BCUT2D eigenvalue weighted by Gasteiger charge is 2.11. The molecule has 2 heterocycles. The van der Waals surface area contributed by atoms with E-state index in [-0.39, 0.29) is 11.7 Å². The third-order valence-electron chi connectivity index (χ3n) is 2.71. The summed E-state index contributed by atoms with van der Waals surface area (Å²) in [5.41, 5.74) is 2.05. The second kappa shape index (κ2) is 5.06. The quantitative estimate of drug-likeness (QED) is 0.853. The first-order valence-corrected chi connectivity index (χ1v) is 5.86. The van der Waals surface area contributed by atoms with Gasteiger partial charge in [-0.05, 0) is 25.1 Å². The molecule has 5 nitrogen and oxygen atoms in total. The van der Waals surface area contributed by atoms with Crippen molar-refractivity contribution in [3.63, 3.8) is 0 Å². The molecular weight excluding hydrogens is 242 g/mol. The Morgan fingerprint density at radius 3 is 2.74 bits per heavy atom. The van der Waals surface area contributed by atoms with Crippen LogP contribution in [0.5, 0.6) is 0 Å². The van der Waals surface area contributed by atoms with Crippen molar-refractivity contribution in [3.8, 4) is 0 Å². The number of fused-ring (bicyclic) bond motifs is 1. The van der Waals surface area contributed by atoms with Gasteiger partial charge in [0, 0.05) is 37.4 Å². The van der Waals surface area contributed by atoms with Gasteiger partial charge in [0.2, 0.25) is 0 Å². The minimum Gasteiger partial charge on any atom is -0.346 e. The number of aromatic nitrogens is 2. The molecule has 0 aliphatic rings. The van der Waals surface area contributed by atoms with Crippen LogP contribution in [0.1, 0.15) is 22.8 Å². The van der Waals surface area contributed by atoms with E-state index in [1.165, 1.54) is 17.9 Å². The average Bonchev–Trinajstić information content (AvgIpc) is 2.77. The van der Waals surface area contributed by atoms with E-state index in [0.717, 1.165) is 10.9 Å². The maximum absolute atomic E-state index is 11.9. The summed E-state index contributed by atoms with van der Waals surface area (Å²) in [4.78, 5) is 31.6. The summed E-state index contributed by atoms with van der Waals surface area (Å²) in [5, 5.41) is 0.824. The zero-order valence-electron chi connectivity index (χ0n) is 11.1. The Morgan fingerprint density at radius 1 is 1.37 bits per heavy atom. The first-order valence-electron chi connectivity index (χ1n) is 5.86. The minimum absolute atomic E-state index is 0.0252. The highest BCUT2D eigenvalue weighted by molar-refractivity contribution is 5.99. The fourth-order valence-corrected chi connectivity index (χ4v) is 1.74. The molecule has 0 saturated heterocycles. The van der Waals surface area contributed by atoms with Crippen molar-refractivity contribution in [2.45, 2.75) is 6.92 Å². The third kappa shape index (κ3) is 2.70. The van der Waals surface area contributed by atoms with Gasteiger partial charge in [0.15, 0.2) is 5.78 Å². The number of hydrogen-bond donors (Lipinski definition) is 1. The summed E-state index contributed by atoms with van der Waals surface area (Å²) in [5.74, 6) is -0.125. The summed E-state index contributed by atoms with van der Waals surface area (Å²) in [6.45, 7) is 1.49. The molecule has 19 heavy (non-hydrogen) atoms. The number of carbonyl (C=O) groups excluding carboxylic acids is 2. The van der Waals surface area contributed by atoms with E-state index < -0.39 is 0 Å². The fraction of sp³-hybridized carbons (Fsp3) is 0.214. The molecule has 0 aliphatic carbocycles. The second-order valence-electron chi connectivity index (χ2n) is 4.51. The van der Waals surface area contributed by atoms with E-state index in [4.69, 9.17) is 0 Å². The van der Waals surface area contributed by atoms with Gasteiger partial charge < -0.3 is 9.88 Å². The Bertz CT molecular complexity index is 668. The number of pyridine rings is 1. The number of ketones is 1. The van der Waals surface area contributed by atoms with Crippen LogP contribution < -0.4 is 0 Å². The van der Waals surface area contributed by atoms with E-state index >= 15 is 0 Å². The molecule has 0 saturated carbocycles. The topological polar surface area (TPSA) is 66.1 Å². The van der Waals surface area contributed by atoms with Crippen LogP contribution >= 0.6 is 0 Å². The van der Waals surface area contributed by atoms with Gasteiger partial charge in [-0.15, -0.1) is 0 Å². The first-order chi connectivity index (χ1) is 8.99. The van der Waals surface area contributed by atoms with Crippen molar-refractivity contribution in [1.82, 2.24) is 14.9 Å². The standard InChI is InChI=1S/C14H15N3O2/c1-9(18)4-5-10-7-15-13-12(10)6-11(8-16-13)14(19)17(2)3/h4-8H,1-3H3,(H,15,16)/b5-4+. The van der Waals surface area contributed by atoms with Crippen LogP contribution in [0.2, 0.25) is 0 Å². The lowest BCUT2D eigenvalue weighted by Crippen LogP contribution is -2.21. The van der Waals surface area contributed by atoms with Crippen LogP contribution in [0.4, 0.5) is 0 Å². The number of amides is 1. The molecule has 0 radical (unpaired) electrons. The van der Waals surface area contributed by atoms with Crippen molar-refractivity contribution in [2.24, 2.45) is 0 Å². The Hall–Kier alpha value is -2.43. The fourth-order valence-electron chi connectivity index (χ4n) is 1.74. The first kappa shape index (κ1) is 13.0. The van der Waals surface area contributed by atoms with E-state index in [0.29, 0.717) is 11.2 Å². The van der Waals surface area contributed by atoms with Crippen molar-refractivity contribution in [2.75, 3.05) is 14.1 Å². The van der Waals surface area contributed by atoms with Gasteiger partial charge in [-0.2, -0.15) is 0 Å². The maximum atomic E-state index is 11.9. The number of hydrogen-bond acceptors (Lipinski definition) is 3. The Balaban J connectivity index is 2.48. The molecule has 1 N–H and O–H groups in total. The van der Waals surface area contributed by atoms with Crippen LogP contribution in [-0.4, -0.2) is 40.7 Å². The lowest BCUT2D eigenvalue weighted by molar-refractivity contribution is -0.112. The number of rotatable bonds is 3. The van der Waals surface area contributed by atoms with Crippen molar-refractivity contribution in [1.29, 1.82) is 0 Å². The average molecular weight is 257 g/mol. The van der Waals surface area contributed by atoms with Gasteiger partial charge in [0.25, 0.3) is 5.91 Å². The van der Waals surface area contributed by atoms with Crippen LogP contribution in [0, 0.1) is 0 Å². The lowest BCUT2D eigenvalue weighted by atomic mass is 10.1. The monoisotopic (exact) mass is 257 g/mol. The summed E-state index contributed by atoms with van der Waals surface area (Å²) in [6.07, 6.45) is 6.51. The van der Waals surface area contributed by atoms with Gasteiger partial charge in [-0.1, -0.05) is 0 Å². The predicted octanol–water partition coefficient (Wildman–Crippen LogP) is 1.87. The van der Waals surface area contributed by atoms with E-state index in [2.05, 4.69) is 9.97 Å². The Morgan fingerprint density at radius 2 is 2.11 bits per heavy atom. The van der Waals surface area contributed by atoms with Crippen molar-refractivity contribution < 1.29 is 9.59 Å². The van der Waals surface area contributed by atoms with Crippen LogP contribution in [0.15, 0.2) is 24.5 Å². The molecule has 0 aromatic carbocycles. The summed E-state index contributed by atoms with van der Waals surface area (Å²) >= 11 is 0. The summed E-state index contributed by atoms with van der Waals surface area (Å²) in [6, 6.07) is 1.78. The van der Waals surface area contributed by atoms with Crippen LogP contribution in [-0.2, 0) is 4.79 Å². The highest BCUT2D eigenvalue weighted by Crippen LogP contribution is 2.19. The van der Waals surface area contributed by atoms with Gasteiger partial charge in [0.05, 0.1) is 5.56 Å². The number of aromatic amines is 1. The number of H-pyrrole nitrogens is 1. The summed E-state index contributed by atoms with van der Waals surface area (Å²) < 4.78 is 0. The van der Waals surface area contributed by atoms with Crippen molar-refractivity contribution >= 4 is 28.8 Å². The third-order valence-corrected chi connectivity index (χ3v) is 2.71. The van der Waals surface area contributed by atoms with Crippen molar-refractivity contribution in [3.05, 3.63) is 35.7 Å². The predicted molar refractivity (Wildman–Crippen MR) is 73.8 cm³/mol. The molecule has 0 aliphatic heterocycles. The number of carbonyl (C=O) groups is 2. The maximum Gasteiger partial charge on any atom is 0.254 e.